The minimum absolute atomic E-state index is 0.000794. The molecule has 0 bridgehead atoms. The number of nitrogens with zero attached hydrogens (tertiary/aromatic N) is 2. The number of carbonyl (C=O) groups excluding carboxylic acids is 1. The highest BCUT2D eigenvalue weighted by molar-refractivity contribution is 7.89. The number of aromatic nitrogens is 2. The lowest BCUT2D eigenvalue weighted by Gasteiger charge is -2.08. The van der Waals surface area contributed by atoms with Gasteiger partial charge in [-0.1, -0.05) is 55.5 Å². The van der Waals surface area contributed by atoms with Crippen LogP contribution in [0.4, 0.5) is 5.13 Å². The summed E-state index contributed by atoms with van der Waals surface area (Å²) in [5.74, 6) is 0.0328. The van der Waals surface area contributed by atoms with E-state index in [1.165, 1.54) is 11.3 Å². The van der Waals surface area contributed by atoms with E-state index in [4.69, 9.17) is 0 Å². The molecule has 0 saturated heterocycles. The average molecular weight is 433 g/mol. The fraction of sp³-hybridized carbons (Fsp3) is 0.350. The van der Waals surface area contributed by atoms with Crippen molar-refractivity contribution in [2.45, 2.75) is 43.9 Å². The summed E-state index contributed by atoms with van der Waals surface area (Å²) in [6.07, 6.45) is 1.94. The number of hydrogen-bond acceptors (Lipinski definition) is 6. The lowest BCUT2D eigenvalue weighted by Crippen LogP contribution is -2.27. The molecule has 3 aromatic rings. The van der Waals surface area contributed by atoms with Gasteiger partial charge in [0.2, 0.25) is 21.1 Å². The number of rotatable bonds is 9. The summed E-state index contributed by atoms with van der Waals surface area (Å²) in [7, 11) is -3.69. The SMILES string of the molecule is CCC(CC)c1nnc(NC(=O)CCNS(=O)(=O)c2ccc3ccccc3c2)s1. The van der Waals surface area contributed by atoms with Gasteiger partial charge in [-0.05, 0) is 35.7 Å². The van der Waals surface area contributed by atoms with E-state index in [-0.39, 0.29) is 23.8 Å². The van der Waals surface area contributed by atoms with Crippen LogP contribution >= 0.6 is 11.3 Å². The molecule has 2 N–H and O–H groups in total. The second kappa shape index (κ2) is 9.43. The molecule has 0 fully saturated rings. The molecule has 0 atom stereocenters. The van der Waals surface area contributed by atoms with Gasteiger partial charge in [0, 0.05) is 18.9 Å². The molecular formula is C20H24N4O3S2. The van der Waals surface area contributed by atoms with Gasteiger partial charge in [0.05, 0.1) is 4.90 Å². The van der Waals surface area contributed by atoms with E-state index in [1.807, 2.05) is 24.3 Å². The maximum Gasteiger partial charge on any atom is 0.240 e. The maximum atomic E-state index is 12.5. The average Bonchev–Trinajstić information content (AvgIpc) is 3.16. The number of hydrogen-bond donors (Lipinski definition) is 2. The van der Waals surface area contributed by atoms with E-state index >= 15 is 0 Å². The van der Waals surface area contributed by atoms with E-state index in [1.54, 1.807) is 18.2 Å². The number of nitrogens with one attached hydrogen (secondary N) is 2. The molecule has 1 amide bonds. The Morgan fingerprint density at radius 2 is 1.79 bits per heavy atom. The van der Waals surface area contributed by atoms with Gasteiger partial charge in [-0.25, -0.2) is 13.1 Å². The molecule has 9 heteroatoms. The second-order valence-corrected chi connectivity index (χ2v) is 9.44. The summed E-state index contributed by atoms with van der Waals surface area (Å²) in [4.78, 5) is 12.3. The highest BCUT2D eigenvalue weighted by Gasteiger charge is 2.17. The quantitative estimate of drug-likeness (QED) is 0.534. The standard InChI is InChI=1S/C20H24N4O3S2/c1-3-14(4-2)19-23-24-20(28-19)22-18(25)11-12-21-29(26,27)17-10-9-15-7-5-6-8-16(15)13-17/h5-10,13-14,21H,3-4,11-12H2,1-2H3,(H,22,24,25). The zero-order chi connectivity index (χ0) is 20.9. The van der Waals surface area contributed by atoms with Crippen LogP contribution < -0.4 is 10.0 Å². The summed E-state index contributed by atoms with van der Waals surface area (Å²) in [6.45, 7) is 4.18. The van der Waals surface area contributed by atoms with Crippen LogP contribution in [-0.4, -0.2) is 31.1 Å². The van der Waals surface area contributed by atoms with E-state index in [2.05, 4.69) is 34.1 Å². The first kappa shape index (κ1) is 21.4. The largest absolute Gasteiger partial charge is 0.300 e. The van der Waals surface area contributed by atoms with Gasteiger partial charge < -0.3 is 5.32 Å². The van der Waals surface area contributed by atoms with Crippen molar-refractivity contribution in [2.24, 2.45) is 0 Å². The molecule has 29 heavy (non-hydrogen) atoms. The molecule has 154 valence electrons. The van der Waals surface area contributed by atoms with Crippen LogP contribution in [0.15, 0.2) is 47.4 Å². The number of amides is 1. The van der Waals surface area contributed by atoms with Gasteiger partial charge >= 0.3 is 0 Å². The minimum atomic E-state index is -3.69. The van der Waals surface area contributed by atoms with Crippen LogP contribution in [0, 0.1) is 0 Å². The second-order valence-electron chi connectivity index (χ2n) is 6.66. The number of benzene rings is 2. The van der Waals surface area contributed by atoms with Gasteiger partial charge in [-0.2, -0.15) is 0 Å². The molecule has 3 rings (SSSR count). The van der Waals surface area contributed by atoms with Gasteiger partial charge in [-0.3, -0.25) is 4.79 Å². The third-order valence-electron chi connectivity index (χ3n) is 4.70. The Balaban J connectivity index is 1.55. The molecule has 2 aromatic carbocycles. The first-order chi connectivity index (χ1) is 13.9. The monoisotopic (exact) mass is 432 g/mol. The van der Waals surface area contributed by atoms with Gasteiger partial charge in [0.1, 0.15) is 5.01 Å². The zero-order valence-electron chi connectivity index (χ0n) is 16.4. The summed E-state index contributed by atoms with van der Waals surface area (Å²) in [6, 6.07) is 12.5. The van der Waals surface area contributed by atoms with Crippen molar-refractivity contribution in [3.8, 4) is 0 Å². The molecule has 0 spiro atoms. The van der Waals surface area contributed by atoms with E-state index in [9.17, 15) is 13.2 Å². The fourth-order valence-electron chi connectivity index (χ4n) is 2.99. The van der Waals surface area contributed by atoms with Gasteiger partial charge in [-0.15, -0.1) is 10.2 Å². The summed E-state index contributed by atoms with van der Waals surface area (Å²) < 4.78 is 27.5. The Kier molecular flexibility index (Phi) is 6.94. The third kappa shape index (κ3) is 5.37. The van der Waals surface area contributed by atoms with Crippen LogP contribution in [0.1, 0.15) is 44.0 Å². The van der Waals surface area contributed by atoms with Crippen molar-refractivity contribution < 1.29 is 13.2 Å². The third-order valence-corrected chi connectivity index (χ3v) is 7.16. The molecule has 0 saturated carbocycles. The van der Waals surface area contributed by atoms with Gasteiger partial charge in [0.15, 0.2) is 0 Å². The number of sulfonamides is 1. The van der Waals surface area contributed by atoms with Gasteiger partial charge in [0.25, 0.3) is 0 Å². The van der Waals surface area contributed by atoms with Crippen LogP contribution in [0.5, 0.6) is 0 Å². The molecule has 1 aromatic heterocycles. The fourth-order valence-corrected chi connectivity index (χ4v) is 5.08. The molecular weight excluding hydrogens is 408 g/mol. The minimum Gasteiger partial charge on any atom is -0.300 e. The van der Waals surface area contributed by atoms with Crippen molar-refractivity contribution in [2.75, 3.05) is 11.9 Å². The topological polar surface area (TPSA) is 101 Å². The molecule has 7 nitrogen and oxygen atoms in total. The van der Waals surface area contributed by atoms with Crippen LogP contribution in [0.3, 0.4) is 0 Å². The zero-order valence-corrected chi connectivity index (χ0v) is 18.0. The number of fused-ring (bicyclic) bond motifs is 1. The smallest absolute Gasteiger partial charge is 0.240 e. The number of carbonyl (C=O) groups is 1. The highest BCUT2D eigenvalue weighted by atomic mass is 32.2. The van der Waals surface area contributed by atoms with Crippen molar-refractivity contribution in [1.82, 2.24) is 14.9 Å². The van der Waals surface area contributed by atoms with Crippen LogP contribution in [0.25, 0.3) is 10.8 Å². The van der Waals surface area contributed by atoms with Crippen molar-refractivity contribution in [1.29, 1.82) is 0 Å². The number of anilines is 1. The van der Waals surface area contributed by atoms with Crippen molar-refractivity contribution >= 4 is 43.2 Å². The Morgan fingerprint density at radius 3 is 2.52 bits per heavy atom. The highest BCUT2D eigenvalue weighted by Crippen LogP contribution is 2.28. The first-order valence-corrected chi connectivity index (χ1v) is 11.8. The Labute approximate surface area is 174 Å². The molecule has 1 heterocycles. The van der Waals surface area contributed by atoms with Crippen LogP contribution in [0.2, 0.25) is 0 Å². The summed E-state index contributed by atoms with van der Waals surface area (Å²) in [5.41, 5.74) is 0. The normalized spacial score (nSPS) is 11.8. The molecule has 0 aliphatic carbocycles. The Hall–Kier alpha value is -2.36. The lowest BCUT2D eigenvalue weighted by atomic mass is 10.1. The van der Waals surface area contributed by atoms with Crippen LogP contribution in [-0.2, 0) is 14.8 Å². The van der Waals surface area contributed by atoms with E-state index < -0.39 is 10.0 Å². The first-order valence-electron chi connectivity index (χ1n) is 9.54. The van der Waals surface area contributed by atoms with E-state index in [0.717, 1.165) is 28.6 Å². The lowest BCUT2D eigenvalue weighted by molar-refractivity contribution is -0.116. The Morgan fingerprint density at radius 1 is 1.07 bits per heavy atom. The molecule has 0 aliphatic rings. The summed E-state index contributed by atoms with van der Waals surface area (Å²) in [5, 5.41) is 14.0. The predicted octanol–water partition coefficient (Wildman–Crippen LogP) is 3.90. The van der Waals surface area contributed by atoms with Crippen molar-refractivity contribution in [3.63, 3.8) is 0 Å². The maximum absolute atomic E-state index is 12.5. The predicted molar refractivity (Wildman–Crippen MR) is 116 cm³/mol. The molecule has 0 radical (unpaired) electrons. The Bertz CT molecular complexity index is 1090. The molecule has 0 aliphatic heterocycles. The molecule has 0 unspecified atom stereocenters. The summed E-state index contributed by atoms with van der Waals surface area (Å²) >= 11 is 1.36. The van der Waals surface area contributed by atoms with Crippen molar-refractivity contribution in [3.05, 3.63) is 47.5 Å². The van der Waals surface area contributed by atoms with E-state index in [0.29, 0.717) is 11.0 Å².